The van der Waals surface area contributed by atoms with Gasteiger partial charge in [-0.25, -0.2) is 0 Å². The van der Waals surface area contributed by atoms with Crippen molar-refractivity contribution >= 4 is 17.8 Å². The van der Waals surface area contributed by atoms with Crippen molar-refractivity contribution in [3.63, 3.8) is 0 Å². The van der Waals surface area contributed by atoms with Crippen LogP contribution in [-0.4, -0.2) is 48.5 Å². The molecule has 2 aromatic carbocycles. The molecule has 0 radical (unpaired) electrons. The van der Waals surface area contributed by atoms with Gasteiger partial charge < -0.3 is 19.7 Å². The van der Waals surface area contributed by atoms with Gasteiger partial charge in [-0.05, 0) is 50.6 Å². The molecule has 2 amide bonds. The zero-order valence-corrected chi connectivity index (χ0v) is 17.6. The van der Waals surface area contributed by atoms with Gasteiger partial charge in [-0.1, -0.05) is 30.3 Å². The molecule has 0 unspecified atom stereocenters. The predicted molar refractivity (Wildman–Crippen MR) is 113 cm³/mol. The Bertz CT molecular complexity index is 834. The van der Waals surface area contributed by atoms with E-state index in [0.29, 0.717) is 24.4 Å². The van der Waals surface area contributed by atoms with Crippen molar-refractivity contribution in [3.05, 3.63) is 65.7 Å². The van der Waals surface area contributed by atoms with Crippen molar-refractivity contribution in [2.24, 2.45) is 0 Å². The highest BCUT2D eigenvalue weighted by Gasteiger charge is 2.15. The minimum Gasteiger partial charge on any atom is -0.491 e. The minimum absolute atomic E-state index is 0.0403. The highest BCUT2D eigenvalue weighted by molar-refractivity contribution is 5.96. The van der Waals surface area contributed by atoms with Crippen molar-refractivity contribution in [2.75, 3.05) is 19.7 Å². The summed E-state index contributed by atoms with van der Waals surface area (Å²) in [5.41, 5.74) is 1.39. The molecule has 0 aliphatic carbocycles. The summed E-state index contributed by atoms with van der Waals surface area (Å²) < 4.78 is 10.5. The van der Waals surface area contributed by atoms with Gasteiger partial charge in [0.05, 0.1) is 6.10 Å². The Kier molecular flexibility index (Phi) is 8.87. The van der Waals surface area contributed by atoms with Gasteiger partial charge in [0.25, 0.3) is 11.8 Å². The number of amides is 2. The van der Waals surface area contributed by atoms with E-state index in [2.05, 4.69) is 5.32 Å². The summed E-state index contributed by atoms with van der Waals surface area (Å²) in [6, 6.07) is 16.2. The summed E-state index contributed by atoms with van der Waals surface area (Å²) in [5.74, 6) is -0.710. The molecule has 0 bridgehead atoms. The Morgan fingerprint density at radius 1 is 1.00 bits per heavy atom. The van der Waals surface area contributed by atoms with Gasteiger partial charge in [-0.3, -0.25) is 14.4 Å². The third-order valence-corrected chi connectivity index (χ3v) is 4.19. The van der Waals surface area contributed by atoms with Crippen LogP contribution in [0.5, 0.6) is 5.75 Å². The molecule has 0 fully saturated rings. The number of nitrogens with zero attached hydrogens (tertiary/aromatic N) is 1. The van der Waals surface area contributed by atoms with Crippen molar-refractivity contribution < 1.29 is 23.9 Å². The number of ether oxygens (including phenoxy) is 2. The van der Waals surface area contributed by atoms with Crippen LogP contribution in [0.1, 0.15) is 36.7 Å². The summed E-state index contributed by atoms with van der Waals surface area (Å²) >= 11 is 0. The lowest BCUT2D eigenvalue weighted by atomic mass is 10.2. The largest absolute Gasteiger partial charge is 0.491 e. The van der Waals surface area contributed by atoms with Crippen molar-refractivity contribution in [1.82, 2.24) is 10.2 Å². The quantitative estimate of drug-likeness (QED) is 0.607. The molecule has 7 heteroatoms. The standard InChI is InChI=1S/C23H28N2O5/c1-4-25(15-18-8-6-5-7-9-18)21(26)16-29-22(27)14-24-23(28)19-10-12-20(13-11-19)30-17(2)3/h5-13,17H,4,14-16H2,1-3H3,(H,24,28). The van der Waals surface area contributed by atoms with Gasteiger partial charge in [-0.2, -0.15) is 0 Å². The molecule has 0 aromatic heterocycles. The first-order valence-corrected chi connectivity index (χ1v) is 9.91. The van der Waals surface area contributed by atoms with E-state index in [1.54, 1.807) is 29.2 Å². The molecule has 30 heavy (non-hydrogen) atoms. The summed E-state index contributed by atoms with van der Waals surface area (Å²) in [6.45, 7) is 5.95. The van der Waals surface area contributed by atoms with Crippen LogP contribution in [0.3, 0.4) is 0 Å². The fourth-order valence-electron chi connectivity index (χ4n) is 2.68. The topological polar surface area (TPSA) is 84.9 Å². The Morgan fingerprint density at radius 3 is 2.27 bits per heavy atom. The highest BCUT2D eigenvalue weighted by Crippen LogP contribution is 2.13. The maximum absolute atomic E-state index is 12.3. The van der Waals surface area contributed by atoms with Gasteiger partial charge in [-0.15, -0.1) is 0 Å². The van der Waals surface area contributed by atoms with E-state index in [1.807, 2.05) is 51.1 Å². The minimum atomic E-state index is -0.674. The molecule has 0 saturated heterocycles. The molecule has 2 rings (SSSR count). The molecule has 7 nitrogen and oxygen atoms in total. The van der Waals surface area contributed by atoms with Crippen molar-refractivity contribution in [3.8, 4) is 5.75 Å². The van der Waals surface area contributed by atoms with E-state index in [0.717, 1.165) is 5.56 Å². The smallest absolute Gasteiger partial charge is 0.325 e. The summed E-state index contributed by atoms with van der Waals surface area (Å²) in [5, 5.41) is 2.49. The van der Waals surface area contributed by atoms with E-state index >= 15 is 0 Å². The lowest BCUT2D eigenvalue weighted by Crippen LogP contribution is -2.36. The molecule has 160 valence electrons. The van der Waals surface area contributed by atoms with Crippen LogP contribution >= 0.6 is 0 Å². The van der Waals surface area contributed by atoms with E-state index in [4.69, 9.17) is 9.47 Å². The molecule has 0 atom stereocenters. The lowest BCUT2D eigenvalue weighted by molar-refractivity contribution is -0.151. The number of rotatable bonds is 10. The van der Waals surface area contributed by atoms with E-state index in [-0.39, 0.29) is 25.2 Å². The molecule has 0 saturated carbocycles. The fraction of sp³-hybridized carbons (Fsp3) is 0.348. The van der Waals surface area contributed by atoms with Crippen LogP contribution in [0, 0.1) is 0 Å². The SMILES string of the molecule is CCN(Cc1ccccc1)C(=O)COC(=O)CNC(=O)c1ccc(OC(C)C)cc1. The molecule has 0 aliphatic rings. The molecule has 0 aliphatic heterocycles. The Balaban J connectivity index is 1.75. The Labute approximate surface area is 177 Å². The molecule has 2 aromatic rings. The van der Waals surface area contributed by atoms with Crippen LogP contribution in [0.4, 0.5) is 0 Å². The Hall–Kier alpha value is -3.35. The van der Waals surface area contributed by atoms with Gasteiger partial charge in [0, 0.05) is 18.7 Å². The second kappa shape index (κ2) is 11.6. The average molecular weight is 412 g/mol. The molecular weight excluding hydrogens is 384 g/mol. The maximum Gasteiger partial charge on any atom is 0.325 e. The summed E-state index contributed by atoms with van der Waals surface area (Å²) in [7, 11) is 0. The maximum atomic E-state index is 12.3. The van der Waals surface area contributed by atoms with Gasteiger partial charge in [0.1, 0.15) is 12.3 Å². The van der Waals surface area contributed by atoms with Crippen LogP contribution in [-0.2, 0) is 20.9 Å². The lowest BCUT2D eigenvalue weighted by Gasteiger charge is -2.20. The molecule has 0 spiro atoms. The molecular formula is C23H28N2O5. The van der Waals surface area contributed by atoms with Crippen molar-refractivity contribution in [1.29, 1.82) is 0 Å². The van der Waals surface area contributed by atoms with Crippen LogP contribution in [0.15, 0.2) is 54.6 Å². The second-order valence-corrected chi connectivity index (χ2v) is 6.93. The number of nitrogens with one attached hydrogen (secondary N) is 1. The third kappa shape index (κ3) is 7.58. The van der Waals surface area contributed by atoms with Crippen LogP contribution in [0.25, 0.3) is 0 Å². The summed E-state index contributed by atoms with van der Waals surface area (Å²) in [4.78, 5) is 37.9. The number of hydrogen-bond donors (Lipinski definition) is 1. The highest BCUT2D eigenvalue weighted by atomic mass is 16.5. The zero-order chi connectivity index (χ0) is 21.9. The molecule has 1 N–H and O–H groups in total. The van der Waals surface area contributed by atoms with Crippen LogP contribution in [0.2, 0.25) is 0 Å². The number of esters is 1. The van der Waals surface area contributed by atoms with Gasteiger partial charge in [0.2, 0.25) is 0 Å². The average Bonchev–Trinajstić information content (AvgIpc) is 2.75. The number of carbonyl (C=O) groups is 3. The summed E-state index contributed by atoms with van der Waals surface area (Å²) in [6.07, 6.45) is 0.0403. The van der Waals surface area contributed by atoms with Crippen LogP contribution < -0.4 is 10.1 Å². The van der Waals surface area contributed by atoms with E-state index in [9.17, 15) is 14.4 Å². The Morgan fingerprint density at radius 2 is 1.67 bits per heavy atom. The third-order valence-electron chi connectivity index (χ3n) is 4.19. The van der Waals surface area contributed by atoms with Gasteiger partial charge >= 0.3 is 5.97 Å². The fourth-order valence-corrected chi connectivity index (χ4v) is 2.68. The van der Waals surface area contributed by atoms with Crippen molar-refractivity contribution in [2.45, 2.75) is 33.4 Å². The first kappa shape index (κ1) is 22.9. The second-order valence-electron chi connectivity index (χ2n) is 6.93. The van der Waals surface area contributed by atoms with Gasteiger partial charge in [0.15, 0.2) is 6.61 Å². The van der Waals surface area contributed by atoms with E-state index < -0.39 is 11.9 Å². The normalized spacial score (nSPS) is 10.4. The number of benzene rings is 2. The number of hydrogen-bond acceptors (Lipinski definition) is 5. The van der Waals surface area contributed by atoms with E-state index in [1.165, 1.54) is 0 Å². The zero-order valence-electron chi connectivity index (χ0n) is 17.6. The monoisotopic (exact) mass is 412 g/mol. The number of likely N-dealkylation sites (N-methyl/N-ethyl adjacent to an activating group) is 1. The first-order chi connectivity index (χ1) is 14.4. The first-order valence-electron chi connectivity index (χ1n) is 9.91. The number of carbonyl (C=O) groups excluding carboxylic acids is 3. The predicted octanol–water partition coefficient (Wildman–Crippen LogP) is 2.80. The molecule has 0 heterocycles.